The Kier molecular flexibility index (Phi) is 6.97. The lowest BCUT2D eigenvalue weighted by Crippen LogP contribution is -2.17. The smallest absolute Gasteiger partial charge is 0.417 e. The maximum Gasteiger partial charge on any atom is 0.417 e. The minimum absolute atomic E-state index is 0.0545. The molecule has 0 spiro atoms. The number of hydrogen-bond donors (Lipinski definition) is 2. The van der Waals surface area contributed by atoms with E-state index in [1.54, 1.807) is 31.2 Å². The van der Waals surface area contributed by atoms with Gasteiger partial charge in [0.05, 0.1) is 12.0 Å². The average molecular weight is 481 g/mol. The molecule has 0 aliphatic carbocycles. The van der Waals surface area contributed by atoms with E-state index in [2.05, 4.69) is 15.5 Å². The normalized spacial score (nSPS) is 11.5. The SMILES string of the molecule is Cc1cc(-c2ccccc2C(F)(F)F)ccc1-c1nc(-c2ccc(CNCCC(=O)O)cc2)no1. The van der Waals surface area contributed by atoms with Gasteiger partial charge in [-0.05, 0) is 41.3 Å². The van der Waals surface area contributed by atoms with E-state index in [4.69, 9.17) is 9.63 Å². The molecule has 35 heavy (non-hydrogen) atoms. The molecule has 1 heterocycles. The molecule has 0 aliphatic heterocycles. The van der Waals surface area contributed by atoms with Crippen LogP contribution in [0.5, 0.6) is 0 Å². The summed E-state index contributed by atoms with van der Waals surface area (Å²) in [5.41, 5.74) is 2.93. The van der Waals surface area contributed by atoms with Crippen LogP contribution in [0.25, 0.3) is 34.0 Å². The minimum Gasteiger partial charge on any atom is -0.481 e. The first kappa shape index (κ1) is 24.2. The van der Waals surface area contributed by atoms with Gasteiger partial charge in [0.1, 0.15) is 0 Å². The monoisotopic (exact) mass is 481 g/mol. The van der Waals surface area contributed by atoms with Crippen molar-refractivity contribution in [1.29, 1.82) is 0 Å². The van der Waals surface area contributed by atoms with Crippen molar-refractivity contribution in [1.82, 2.24) is 15.5 Å². The molecule has 0 amide bonds. The number of aliphatic carboxylic acids is 1. The average Bonchev–Trinajstić information content (AvgIpc) is 3.31. The lowest BCUT2D eigenvalue weighted by Gasteiger charge is -2.13. The van der Waals surface area contributed by atoms with Crippen molar-refractivity contribution in [3.05, 3.63) is 83.4 Å². The topological polar surface area (TPSA) is 88.2 Å². The Labute approximate surface area is 199 Å². The Morgan fingerprint density at radius 2 is 1.71 bits per heavy atom. The Morgan fingerprint density at radius 3 is 2.40 bits per heavy atom. The predicted molar refractivity (Wildman–Crippen MR) is 124 cm³/mol. The number of carbonyl (C=O) groups is 1. The van der Waals surface area contributed by atoms with Crippen molar-refractivity contribution < 1.29 is 27.6 Å². The van der Waals surface area contributed by atoms with Crippen LogP contribution in [0.3, 0.4) is 0 Å². The standard InChI is InChI=1S/C26H22F3N3O3/c1-16-14-19(21-4-2-3-5-22(21)26(27,28)29)10-11-20(16)25-31-24(32-35-25)18-8-6-17(7-9-18)15-30-13-12-23(33)34/h2-11,14,30H,12-13,15H2,1H3,(H,33,34). The van der Waals surface area contributed by atoms with Crippen molar-refractivity contribution in [3.8, 4) is 34.0 Å². The molecule has 4 rings (SSSR count). The van der Waals surface area contributed by atoms with Crippen LogP contribution >= 0.6 is 0 Å². The highest BCUT2D eigenvalue weighted by atomic mass is 19.4. The summed E-state index contributed by atoms with van der Waals surface area (Å²) in [5, 5.41) is 15.8. The first-order valence-electron chi connectivity index (χ1n) is 10.9. The first-order valence-corrected chi connectivity index (χ1v) is 10.9. The predicted octanol–water partition coefficient (Wildman–Crippen LogP) is 5.96. The maximum atomic E-state index is 13.4. The number of aryl methyl sites for hydroxylation is 1. The fraction of sp³-hybridized carbons (Fsp3) is 0.192. The van der Waals surface area contributed by atoms with Gasteiger partial charge in [0.15, 0.2) is 0 Å². The van der Waals surface area contributed by atoms with E-state index in [0.717, 1.165) is 17.2 Å². The largest absolute Gasteiger partial charge is 0.481 e. The number of aromatic nitrogens is 2. The summed E-state index contributed by atoms with van der Waals surface area (Å²) in [7, 11) is 0. The lowest BCUT2D eigenvalue weighted by atomic mass is 9.96. The molecule has 6 nitrogen and oxygen atoms in total. The minimum atomic E-state index is -4.45. The summed E-state index contributed by atoms with van der Waals surface area (Å²) in [5.74, 6) is -0.194. The quantitative estimate of drug-likeness (QED) is 0.302. The summed E-state index contributed by atoms with van der Waals surface area (Å²) < 4.78 is 45.7. The maximum absolute atomic E-state index is 13.4. The molecule has 0 aliphatic rings. The molecule has 0 unspecified atom stereocenters. The van der Waals surface area contributed by atoms with Crippen molar-refractivity contribution in [2.24, 2.45) is 0 Å². The van der Waals surface area contributed by atoms with Crippen LogP contribution < -0.4 is 5.32 Å². The van der Waals surface area contributed by atoms with E-state index < -0.39 is 17.7 Å². The zero-order valence-corrected chi connectivity index (χ0v) is 18.8. The van der Waals surface area contributed by atoms with Gasteiger partial charge >= 0.3 is 12.1 Å². The van der Waals surface area contributed by atoms with Crippen molar-refractivity contribution in [3.63, 3.8) is 0 Å². The number of halogens is 3. The fourth-order valence-corrected chi connectivity index (χ4v) is 3.70. The van der Waals surface area contributed by atoms with E-state index in [0.29, 0.717) is 35.6 Å². The number of carboxylic acid groups (broad SMARTS) is 1. The second kappa shape index (κ2) is 10.1. The highest BCUT2D eigenvalue weighted by Gasteiger charge is 2.33. The molecule has 2 N–H and O–H groups in total. The van der Waals surface area contributed by atoms with E-state index in [1.165, 1.54) is 12.1 Å². The summed E-state index contributed by atoms with van der Waals surface area (Å²) in [6.45, 7) is 2.70. The summed E-state index contributed by atoms with van der Waals surface area (Å²) in [6.07, 6.45) is -4.40. The van der Waals surface area contributed by atoms with Gasteiger partial charge in [-0.1, -0.05) is 59.8 Å². The number of nitrogens with zero attached hydrogens (tertiary/aromatic N) is 2. The van der Waals surface area contributed by atoms with E-state index in [9.17, 15) is 18.0 Å². The van der Waals surface area contributed by atoms with Gasteiger partial charge < -0.3 is 14.9 Å². The molecule has 0 fully saturated rings. The van der Waals surface area contributed by atoms with Crippen LogP contribution in [0.4, 0.5) is 13.2 Å². The van der Waals surface area contributed by atoms with Gasteiger partial charge in [0.2, 0.25) is 5.82 Å². The molecule has 180 valence electrons. The number of hydrogen-bond acceptors (Lipinski definition) is 5. The molecule has 1 aromatic heterocycles. The molecular weight excluding hydrogens is 459 g/mol. The second-order valence-corrected chi connectivity index (χ2v) is 8.01. The molecule has 0 saturated carbocycles. The van der Waals surface area contributed by atoms with E-state index >= 15 is 0 Å². The molecular formula is C26H22F3N3O3. The lowest BCUT2D eigenvalue weighted by molar-refractivity contribution is -0.137. The Balaban J connectivity index is 1.51. The van der Waals surface area contributed by atoms with Gasteiger partial charge in [0.25, 0.3) is 5.89 Å². The number of benzene rings is 3. The molecule has 0 atom stereocenters. The van der Waals surface area contributed by atoms with Crippen LogP contribution in [0, 0.1) is 6.92 Å². The van der Waals surface area contributed by atoms with Crippen LogP contribution in [-0.4, -0.2) is 27.8 Å². The zero-order valence-electron chi connectivity index (χ0n) is 18.8. The van der Waals surface area contributed by atoms with Crippen molar-refractivity contribution >= 4 is 5.97 Å². The summed E-state index contributed by atoms with van der Waals surface area (Å²) in [6, 6.07) is 17.9. The first-order chi connectivity index (χ1) is 16.7. The summed E-state index contributed by atoms with van der Waals surface area (Å²) >= 11 is 0. The van der Waals surface area contributed by atoms with Gasteiger partial charge in [-0.2, -0.15) is 18.2 Å². The third-order valence-electron chi connectivity index (χ3n) is 5.48. The van der Waals surface area contributed by atoms with Crippen molar-refractivity contribution in [2.75, 3.05) is 6.54 Å². The Morgan fingerprint density at radius 1 is 1.00 bits per heavy atom. The van der Waals surface area contributed by atoms with E-state index in [-0.39, 0.29) is 17.9 Å². The number of alkyl halides is 3. The van der Waals surface area contributed by atoms with Gasteiger partial charge in [0, 0.05) is 24.2 Å². The number of carboxylic acids is 1. The third-order valence-corrected chi connectivity index (χ3v) is 5.48. The van der Waals surface area contributed by atoms with Crippen LogP contribution in [0.15, 0.2) is 71.3 Å². The van der Waals surface area contributed by atoms with Gasteiger partial charge in [-0.3, -0.25) is 4.79 Å². The molecule has 0 bridgehead atoms. The third kappa shape index (κ3) is 5.75. The number of nitrogens with one attached hydrogen (secondary N) is 1. The van der Waals surface area contributed by atoms with E-state index in [1.807, 2.05) is 24.3 Å². The van der Waals surface area contributed by atoms with Crippen LogP contribution in [-0.2, 0) is 17.5 Å². The molecule has 0 radical (unpaired) electrons. The highest BCUT2D eigenvalue weighted by Crippen LogP contribution is 2.38. The molecule has 4 aromatic rings. The summed E-state index contributed by atoms with van der Waals surface area (Å²) in [4.78, 5) is 15.0. The molecule has 0 saturated heterocycles. The van der Waals surface area contributed by atoms with Gasteiger partial charge in [-0.15, -0.1) is 0 Å². The van der Waals surface area contributed by atoms with Crippen LogP contribution in [0.2, 0.25) is 0 Å². The number of rotatable bonds is 8. The van der Waals surface area contributed by atoms with Crippen molar-refractivity contribution in [2.45, 2.75) is 26.1 Å². The highest BCUT2D eigenvalue weighted by molar-refractivity contribution is 5.73. The Bertz CT molecular complexity index is 1330. The van der Waals surface area contributed by atoms with Crippen LogP contribution in [0.1, 0.15) is 23.1 Å². The van der Waals surface area contributed by atoms with Gasteiger partial charge in [-0.25, -0.2) is 0 Å². The fourth-order valence-electron chi connectivity index (χ4n) is 3.70. The second-order valence-electron chi connectivity index (χ2n) is 8.01. The zero-order chi connectivity index (χ0) is 25.0. The molecule has 9 heteroatoms. The molecule has 3 aromatic carbocycles. The Hall–Kier alpha value is -3.98.